The van der Waals surface area contributed by atoms with Gasteiger partial charge in [-0.15, -0.1) is 0 Å². The number of hydrogen-bond donors (Lipinski definition) is 0. The van der Waals surface area contributed by atoms with E-state index in [1.807, 2.05) is 36.4 Å². The second-order valence-corrected chi connectivity index (χ2v) is 11.3. The summed E-state index contributed by atoms with van der Waals surface area (Å²) < 4.78 is 18.0. The normalized spacial score (nSPS) is 17.3. The lowest BCUT2D eigenvalue weighted by atomic mass is 10.1. The van der Waals surface area contributed by atoms with Crippen molar-refractivity contribution in [2.45, 2.75) is 50.3 Å². The largest absolute Gasteiger partial charge is 0.497 e. The number of thiazole rings is 1. The summed E-state index contributed by atoms with van der Waals surface area (Å²) in [5.74, 6) is 1.64. The van der Waals surface area contributed by atoms with Crippen LogP contribution in [0.4, 0.5) is 4.79 Å². The molecular weight excluding hydrogens is 542 g/mol. The van der Waals surface area contributed by atoms with E-state index >= 15 is 0 Å². The summed E-state index contributed by atoms with van der Waals surface area (Å²) in [6.07, 6.45) is 2.38. The Morgan fingerprint density at radius 1 is 1.15 bits per heavy atom. The molecule has 1 aliphatic heterocycles. The molecule has 0 N–H and O–H groups in total. The molecule has 210 valence electrons. The van der Waals surface area contributed by atoms with Gasteiger partial charge in [-0.2, -0.15) is 5.26 Å². The minimum absolute atomic E-state index is 0.169. The van der Waals surface area contributed by atoms with E-state index in [1.54, 1.807) is 35.8 Å². The van der Waals surface area contributed by atoms with Crippen molar-refractivity contribution in [3.63, 3.8) is 0 Å². The number of hydrogen-bond acceptors (Lipinski definition) is 9. The minimum atomic E-state index is -0.808. The number of benzene rings is 2. The predicted molar refractivity (Wildman–Crippen MR) is 152 cm³/mol. The van der Waals surface area contributed by atoms with Crippen molar-refractivity contribution in [1.29, 1.82) is 5.26 Å². The topological polar surface area (TPSA) is 120 Å². The average molecular weight is 572 g/mol. The molecule has 3 heterocycles. The maximum Gasteiger partial charge on any atom is 0.410 e. The molecule has 0 spiro atoms. The summed E-state index contributed by atoms with van der Waals surface area (Å²) in [4.78, 5) is 38.7. The molecule has 4 aromatic rings. The van der Waals surface area contributed by atoms with E-state index in [0.29, 0.717) is 53.0 Å². The van der Waals surface area contributed by atoms with Gasteiger partial charge in [-0.1, -0.05) is 41.7 Å². The molecule has 2 fully saturated rings. The van der Waals surface area contributed by atoms with Crippen molar-refractivity contribution in [3.8, 4) is 17.6 Å². The number of fused-ring (bicyclic) bond motifs is 1. The highest BCUT2D eigenvalue weighted by Crippen LogP contribution is 2.47. The van der Waals surface area contributed by atoms with E-state index in [2.05, 4.69) is 6.07 Å². The van der Waals surface area contributed by atoms with Gasteiger partial charge in [-0.25, -0.2) is 14.8 Å². The molecule has 41 heavy (non-hydrogen) atoms. The van der Waals surface area contributed by atoms with Gasteiger partial charge in [0.2, 0.25) is 0 Å². The summed E-state index contributed by atoms with van der Waals surface area (Å²) in [5.41, 5.74) is 0.777. The van der Waals surface area contributed by atoms with Gasteiger partial charge in [0.1, 0.15) is 34.4 Å². The van der Waals surface area contributed by atoms with E-state index in [0.717, 1.165) is 17.5 Å². The van der Waals surface area contributed by atoms with Crippen molar-refractivity contribution in [3.05, 3.63) is 80.8 Å². The van der Waals surface area contributed by atoms with E-state index in [4.69, 9.17) is 24.2 Å². The third-order valence-corrected chi connectivity index (χ3v) is 8.78. The molecule has 1 saturated heterocycles. The zero-order valence-corrected chi connectivity index (χ0v) is 23.6. The van der Waals surface area contributed by atoms with Crippen LogP contribution < -0.4 is 15.0 Å². The van der Waals surface area contributed by atoms with Gasteiger partial charge in [0.15, 0.2) is 10.3 Å². The molecule has 6 rings (SSSR count). The molecule has 1 unspecified atom stereocenters. The maximum atomic E-state index is 14.0. The average Bonchev–Trinajstić information content (AvgIpc) is 3.43. The molecule has 2 aliphatic rings. The quantitative estimate of drug-likeness (QED) is 0.292. The first-order valence-electron chi connectivity index (χ1n) is 13.5. The number of likely N-dealkylation sites (tertiary alicyclic amines) is 1. The highest BCUT2D eigenvalue weighted by Gasteiger charge is 2.49. The number of carbonyl (C=O) groups is 1. The van der Waals surface area contributed by atoms with Crippen LogP contribution in [0.3, 0.4) is 0 Å². The van der Waals surface area contributed by atoms with Gasteiger partial charge in [0.05, 0.1) is 32.9 Å². The fourth-order valence-corrected chi connectivity index (χ4v) is 6.36. The molecule has 10 nitrogen and oxygen atoms in total. The third kappa shape index (κ3) is 5.00. The van der Waals surface area contributed by atoms with Crippen LogP contribution in [0.5, 0.6) is 11.5 Å². The Bertz CT molecular complexity index is 1710. The van der Waals surface area contributed by atoms with E-state index in [1.165, 1.54) is 11.3 Å². The van der Waals surface area contributed by atoms with Crippen LogP contribution >= 0.6 is 11.3 Å². The van der Waals surface area contributed by atoms with Crippen LogP contribution in [0.2, 0.25) is 0 Å². The number of ether oxygens (including phenoxy) is 3. The van der Waals surface area contributed by atoms with Crippen molar-refractivity contribution < 1.29 is 19.0 Å². The van der Waals surface area contributed by atoms with Gasteiger partial charge >= 0.3 is 6.09 Å². The summed E-state index contributed by atoms with van der Waals surface area (Å²) >= 11 is 1.30. The number of amides is 1. The maximum absolute atomic E-state index is 14.0. The Balaban J connectivity index is 1.35. The number of nitrogens with zero attached hydrogens (tertiary/aromatic N) is 5. The summed E-state index contributed by atoms with van der Waals surface area (Å²) in [6.45, 7) is 0.900. The number of methoxy groups -OCH3 is 2. The fraction of sp³-hybridized carbons (Fsp3) is 0.367. The van der Waals surface area contributed by atoms with Gasteiger partial charge in [0, 0.05) is 18.2 Å². The molecular formula is C30H29N5O5S. The van der Waals surface area contributed by atoms with Crippen molar-refractivity contribution >= 4 is 27.8 Å². The lowest BCUT2D eigenvalue weighted by Gasteiger charge is -2.22. The minimum Gasteiger partial charge on any atom is -0.497 e. The molecule has 0 radical (unpaired) electrons. The fourth-order valence-electron chi connectivity index (χ4n) is 5.29. The van der Waals surface area contributed by atoms with Crippen molar-refractivity contribution in [2.75, 3.05) is 20.8 Å². The van der Waals surface area contributed by atoms with E-state index < -0.39 is 11.5 Å². The van der Waals surface area contributed by atoms with Gasteiger partial charge in [-0.05, 0) is 43.4 Å². The monoisotopic (exact) mass is 571 g/mol. The molecule has 1 atom stereocenters. The highest BCUT2D eigenvalue weighted by molar-refractivity contribution is 7.18. The Morgan fingerprint density at radius 2 is 1.95 bits per heavy atom. The van der Waals surface area contributed by atoms with E-state index in [-0.39, 0.29) is 30.3 Å². The first-order valence-corrected chi connectivity index (χ1v) is 14.3. The second kappa shape index (κ2) is 10.9. The van der Waals surface area contributed by atoms with E-state index in [9.17, 15) is 14.9 Å². The van der Waals surface area contributed by atoms with Crippen LogP contribution in [0.25, 0.3) is 10.3 Å². The molecule has 2 aromatic heterocycles. The van der Waals surface area contributed by atoms with Gasteiger partial charge < -0.3 is 14.2 Å². The summed E-state index contributed by atoms with van der Waals surface area (Å²) in [7, 11) is 3.14. The first-order chi connectivity index (χ1) is 20.0. The smallest absolute Gasteiger partial charge is 0.410 e. The van der Waals surface area contributed by atoms with Crippen LogP contribution in [-0.4, -0.2) is 46.3 Å². The molecule has 0 bridgehead atoms. The second-order valence-electron chi connectivity index (χ2n) is 10.3. The van der Waals surface area contributed by atoms with Crippen LogP contribution in [-0.2, 0) is 23.3 Å². The lowest BCUT2D eigenvalue weighted by molar-refractivity contribution is 0.0920. The Morgan fingerprint density at radius 3 is 2.66 bits per heavy atom. The first kappa shape index (κ1) is 26.8. The van der Waals surface area contributed by atoms with Crippen LogP contribution in [0.1, 0.15) is 53.7 Å². The van der Waals surface area contributed by atoms with Crippen molar-refractivity contribution in [1.82, 2.24) is 19.4 Å². The van der Waals surface area contributed by atoms with Crippen LogP contribution in [0, 0.1) is 11.3 Å². The molecule has 2 aromatic carbocycles. The zero-order chi connectivity index (χ0) is 28.6. The van der Waals surface area contributed by atoms with Gasteiger partial charge in [-0.3, -0.25) is 14.3 Å². The molecule has 1 saturated carbocycles. The molecule has 1 amide bonds. The standard InChI is InChI=1S/C30H29N5O5S/c1-38-21-11-10-20(23(15-21)39-2)16-35-27(36)24-26(33-28(35)30(18-31)12-13-30)41-25(32-24)22-9-6-14-34(22)29(37)40-17-19-7-4-3-5-8-19/h3-5,7-8,10-11,15,22H,6,9,12-14,16-17H2,1-2H3. The number of carbonyl (C=O) groups excluding carboxylic acids is 1. The SMILES string of the molecule is COc1ccc(Cn2c(C3(C#N)CC3)nc3sc(C4CCCN4C(=O)OCc4ccccc4)nc3c2=O)c(OC)c1. The summed E-state index contributed by atoms with van der Waals surface area (Å²) in [5, 5.41) is 10.7. The lowest BCUT2D eigenvalue weighted by Crippen LogP contribution is -2.31. The molecule has 11 heteroatoms. The van der Waals surface area contributed by atoms with Gasteiger partial charge in [0.25, 0.3) is 5.56 Å². The Labute approximate surface area is 240 Å². The molecule has 1 aliphatic carbocycles. The summed E-state index contributed by atoms with van der Waals surface area (Å²) in [6, 6.07) is 17.0. The number of rotatable bonds is 8. The van der Waals surface area contributed by atoms with Crippen LogP contribution in [0.15, 0.2) is 53.3 Å². The zero-order valence-electron chi connectivity index (χ0n) is 22.8. The third-order valence-electron chi connectivity index (χ3n) is 7.73. The van der Waals surface area contributed by atoms with Crippen molar-refractivity contribution in [2.24, 2.45) is 0 Å². The Hall–Kier alpha value is -4.43. The predicted octanol–water partition coefficient (Wildman–Crippen LogP) is 4.95. The number of nitriles is 1. The Kier molecular flexibility index (Phi) is 7.09. The highest BCUT2D eigenvalue weighted by atomic mass is 32.1. The number of aromatic nitrogens is 3.